The number of aromatic nitrogens is 5. The lowest BCUT2D eigenvalue weighted by Gasteiger charge is -2.50. The molecule has 40 heavy (non-hydrogen) atoms. The van der Waals surface area contributed by atoms with E-state index in [0.717, 1.165) is 24.4 Å². The molecule has 4 aliphatic rings. The van der Waals surface area contributed by atoms with Crippen LogP contribution < -0.4 is 15.6 Å². The first-order chi connectivity index (χ1) is 19.2. The molecule has 3 aromatic heterocycles. The van der Waals surface area contributed by atoms with E-state index in [4.69, 9.17) is 9.72 Å². The number of nitrogens with zero attached hydrogens (tertiary/aromatic N) is 6. The summed E-state index contributed by atoms with van der Waals surface area (Å²) in [6.07, 6.45) is 6.54. The molecule has 1 aromatic carbocycles. The summed E-state index contributed by atoms with van der Waals surface area (Å²) in [5.41, 5.74) is 1.45. The molecular formula is C30H33N7O3. The Morgan fingerprint density at radius 3 is 2.77 bits per heavy atom. The van der Waals surface area contributed by atoms with E-state index in [1.54, 1.807) is 42.8 Å². The quantitative estimate of drug-likeness (QED) is 0.358. The Morgan fingerprint density at radius 1 is 1.23 bits per heavy atom. The summed E-state index contributed by atoms with van der Waals surface area (Å²) < 4.78 is 9.84. The van der Waals surface area contributed by atoms with Crippen LogP contribution >= 0.6 is 0 Å². The summed E-state index contributed by atoms with van der Waals surface area (Å²) >= 11 is 0. The van der Waals surface area contributed by atoms with Gasteiger partial charge in [0.1, 0.15) is 22.3 Å². The molecule has 0 radical (unpaired) electrons. The number of hydrogen-bond donors (Lipinski definition) is 2. The van der Waals surface area contributed by atoms with Crippen LogP contribution in [-0.2, 0) is 18.6 Å². The van der Waals surface area contributed by atoms with E-state index in [9.17, 15) is 9.90 Å². The van der Waals surface area contributed by atoms with Gasteiger partial charge in [-0.25, -0.2) is 19.3 Å². The normalized spacial score (nSPS) is 23.4. The number of benzene rings is 1. The first-order valence-corrected chi connectivity index (χ1v) is 13.9. The van der Waals surface area contributed by atoms with Crippen molar-refractivity contribution in [1.82, 2.24) is 29.2 Å². The predicted molar refractivity (Wildman–Crippen MR) is 152 cm³/mol. The van der Waals surface area contributed by atoms with Gasteiger partial charge in [0.05, 0.1) is 12.2 Å². The minimum atomic E-state index is -1.15. The summed E-state index contributed by atoms with van der Waals surface area (Å²) in [5, 5.41) is 14.2. The van der Waals surface area contributed by atoms with Gasteiger partial charge in [0.25, 0.3) is 5.56 Å². The van der Waals surface area contributed by atoms with E-state index in [1.165, 1.54) is 42.4 Å². The van der Waals surface area contributed by atoms with Gasteiger partial charge in [-0.3, -0.25) is 9.69 Å². The van der Waals surface area contributed by atoms with Gasteiger partial charge in [0.2, 0.25) is 5.95 Å². The van der Waals surface area contributed by atoms with Crippen LogP contribution in [-0.4, -0.2) is 59.6 Å². The highest BCUT2D eigenvalue weighted by molar-refractivity contribution is 5.77. The van der Waals surface area contributed by atoms with Gasteiger partial charge in [-0.05, 0) is 63.5 Å². The van der Waals surface area contributed by atoms with Gasteiger partial charge in [-0.1, -0.05) is 18.2 Å². The largest absolute Gasteiger partial charge is 0.485 e. The van der Waals surface area contributed by atoms with E-state index in [2.05, 4.69) is 32.8 Å². The van der Waals surface area contributed by atoms with Crippen molar-refractivity contribution in [2.75, 3.05) is 25.0 Å². The average molecular weight is 540 g/mol. The topological polar surface area (TPSA) is 110 Å². The molecule has 10 nitrogen and oxygen atoms in total. The monoisotopic (exact) mass is 539 g/mol. The molecular weight excluding hydrogens is 506 g/mol. The van der Waals surface area contributed by atoms with E-state index in [-0.39, 0.29) is 17.7 Å². The smallest absolute Gasteiger partial charge is 0.278 e. The third-order valence-corrected chi connectivity index (χ3v) is 8.50. The average Bonchev–Trinajstić information content (AvgIpc) is 3.42. The third-order valence-electron chi connectivity index (χ3n) is 8.50. The van der Waals surface area contributed by atoms with Crippen LogP contribution in [0.4, 0.5) is 11.6 Å². The van der Waals surface area contributed by atoms with Crippen LogP contribution in [0.1, 0.15) is 37.9 Å². The Hall–Kier alpha value is -4.02. The molecule has 2 N–H and O–H groups in total. The van der Waals surface area contributed by atoms with Crippen molar-refractivity contribution in [3.05, 3.63) is 76.9 Å². The van der Waals surface area contributed by atoms with E-state index in [1.807, 2.05) is 12.1 Å². The Morgan fingerprint density at radius 2 is 2.05 bits per heavy atom. The molecule has 206 valence electrons. The molecule has 0 amide bonds. The summed E-state index contributed by atoms with van der Waals surface area (Å²) in [6, 6.07) is 11.5. The zero-order valence-electron chi connectivity index (χ0n) is 22.8. The molecule has 1 unspecified atom stereocenters. The number of rotatable bonds is 6. The Bertz CT molecular complexity index is 1690. The van der Waals surface area contributed by atoms with Gasteiger partial charge in [0.15, 0.2) is 11.5 Å². The van der Waals surface area contributed by atoms with Crippen molar-refractivity contribution in [2.24, 2.45) is 5.92 Å². The highest BCUT2D eigenvalue weighted by Gasteiger charge is 2.51. The number of fused-ring (bicyclic) bond motifs is 4. The number of anilines is 2. The van der Waals surface area contributed by atoms with Gasteiger partial charge >= 0.3 is 0 Å². The minimum absolute atomic E-state index is 0.109. The third kappa shape index (κ3) is 4.01. The van der Waals surface area contributed by atoms with Crippen LogP contribution in [0.2, 0.25) is 0 Å². The first kappa shape index (κ1) is 25.0. The van der Waals surface area contributed by atoms with Crippen molar-refractivity contribution in [3.8, 4) is 11.6 Å². The fourth-order valence-corrected chi connectivity index (χ4v) is 6.51. The molecule has 3 saturated heterocycles. The second kappa shape index (κ2) is 9.00. The fraction of sp³-hybridized carbons (Fsp3) is 0.400. The maximum Gasteiger partial charge on any atom is 0.278 e. The number of ether oxygens (including phenoxy) is 1. The number of hydrogen-bond acceptors (Lipinski definition) is 8. The van der Waals surface area contributed by atoms with Crippen LogP contribution in [0.25, 0.3) is 16.9 Å². The lowest BCUT2D eigenvalue weighted by molar-refractivity contribution is -0.0798. The molecule has 4 aromatic rings. The summed E-state index contributed by atoms with van der Waals surface area (Å²) in [4.78, 5) is 29.7. The number of piperidine rings is 3. The molecule has 7 heterocycles. The highest BCUT2D eigenvalue weighted by Crippen LogP contribution is 2.47. The zero-order chi connectivity index (χ0) is 27.6. The van der Waals surface area contributed by atoms with Crippen LogP contribution in [0.5, 0.6) is 5.75 Å². The molecule has 1 spiro atoms. The lowest BCUT2D eigenvalue weighted by atomic mass is 9.73. The van der Waals surface area contributed by atoms with Crippen molar-refractivity contribution < 1.29 is 9.84 Å². The maximum absolute atomic E-state index is 13.3. The zero-order valence-corrected chi connectivity index (χ0v) is 22.8. The number of aliphatic hydroxyl groups is 1. The molecule has 2 bridgehead atoms. The van der Waals surface area contributed by atoms with Gasteiger partial charge in [-0.15, -0.1) is 6.58 Å². The van der Waals surface area contributed by atoms with E-state index < -0.39 is 5.60 Å². The van der Waals surface area contributed by atoms with Gasteiger partial charge in [-0.2, -0.15) is 4.98 Å². The van der Waals surface area contributed by atoms with Crippen molar-refractivity contribution >= 4 is 22.7 Å². The summed E-state index contributed by atoms with van der Waals surface area (Å²) in [6.45, 7) is 10.8. The number of pyridine rings is 1. The van der Waals surface area contributed by atoms with Crippen LogP contribution in [0, 0.1) is 5.92 Å². The second-order valence-corrected chi connectivity index (χ2v) is 11.7. The maximum atomic E-state index is 13.3. The summed E-state index contributed by atoms with van der Waals surface area (Å²) in [5.74, 6) is 2.34. The van der Waals surface area contributed by atoms with Crippen molar-refractivity contribution in [2.45, 2.75) is 50.9 Å². The molecule has 8 rings (SSSR count). The van der Waals surface area contributed by atoms with Crippen LogP contribution in [0.15, 0.2) is 60.0 Å². The Balaban J connectivity index is 1.24. The standard InChI is InChI=1S/C30H33N7O3/c1-4-12-36-27(38)22-17-31-28(34-26(22)37(36)25-7-5-6-24(33-25)29(2,3)39)32-21-9-8-19-16-30(40-23(19)15-21)18-35-13-10-20(30)11-14-35/h4-9,15,17,20,39H,1,10-14,16,18H2,2-3H3,(H,31,32,34). The van der Waals surface area contributed by atoms with Crippen LogP contribution in [0.3, 0.4) is 0 Å². The molecule has 0 saturated carbocycles. The highest BCUT2D eigenvalue weighted by atomic mass is 16.5. The second-order valence-electron chi connectivity index (χ2n) is 11.7. The van der Waals surface area contributed by atoms with E-state index >= 15 is 0 Å². The molecule has 1 atom stereocenters. The molecule has 4 aliphatic heterocycles. The fourth-order valence-electron chi connectivity index (χ4n) is 6.51. The Labute approximate surface area is 231 Å². The van der Waals surface area contributed by atoms with Gasteiger partial charge in [0, 0.05) is 36.8 Å². The van der Waals surface area contributed by atoms with Gasteiger partial charge < -0.3 is 15.2 Å². The number of allylic oxidation sites excluding steroid dienone is 1. The minimum Gasteiger partial charge on any atom is -0.485 e. The van der Waals surface area contributed by atoms with E-state index in [0.29, 0.717) is 34.4 Å². The Kier molecular flexibility index (Phi) is 5.62. The SMILES string of the molecule is C=CCn1c(=O)c2cnc(Nc3ccc4c(c3)OC3(C4)CN4CCC3CC4)nc2n1-c1cccc(C(C)(C)O)n1. The van der Waals surface area contributed by atoms with Crippen molar-refractivity contribution in [1.29, 1.82) is 0 Å². The lowest BCUT2D eigenvalue weighted by Crippen LogP contribution is -2.61. The summed E-state index contributed by atoms with van der Waals surface area (Å²) in [7, 11) is 0. The molecule has 10 heteroatoms. The molecule has 3 fully saturated rings. The van der Waals surface area contributed by atoms with Crippen molar-refractivity contribution in [3.63, 3.8) is 0 Å². The first-order valence-electron chi connectivity index (χ1n) is 13.9. The number of nitrogens with one attached hydrogen (secondary N) is 1. The molecule has 0 aliphatic carbocycles. The predicted octanol–water partition coefficient (Wildman–Crippen LogP) is 3.53.